The van der Waals surface area contributed by atoms with Crippen molar-refractivity contribution in [2.24, 2.45) is 5.92 Å². The average molecular weight is 313 g/mol. The van der Waals surface area contributed by atoms with Crippen molar-refractivity contribution >= 4 is 5.97 Å². The molecule has 0 bridgehead atoms. The number of rotatable bonds is 15. The summed E-state index contributed by atoms with van der Waals surface area (Å²) in [7, 11) is 0. The predicted octanol–water partition coefficient (Wildman–Crippen LogP) is 6.67. The molecule has 0 fully saturated rings. The number of unbranched alkanes of at least 4 members (excludes halogenated alkanes) is 8. The van der Waals surface area contributed by atoms with Gasteiger partial charge < -0.3 is 4.74 Å². The van der Waals surface area contributed by atoms with Crippen molar-refractivity contribution in [3.05, 3.63) is 0 Å². The highest BCUT2D eigenvalue weighted by molar-refractivity contribution is 5.72. The van der Waals surface area contributed by atoms with Gasteiger partial charge in [0.15, 0.2) is 0 Å². The van der Waals surface area contributed by atoms with Crippen molar-refractivity contribution in [1.29, 1.82) is 0 Å². The Morgan fingerprint density at radius 3 is 1.64 bits per heavy atom. The van der Waals surface area contributed by atoms with E-state index in [1.54, 1.807) is 0 Å². The Labute approximate surface area is 139 Å². The number of carbonyl (C=O) groups excluding carboxylic acids is 1. The highest BCUT2D eigenvalue weighted by Gasteiger charge is 2.20. The first kappa shape index (κ1) is 21.5. The van der Waals surface area contributed by atoms with Crippen molar-refractivity contribution in [3.8, 4) is 0 Å². The van der Waals surface area contributed by atoms with Crippen LogP contribution in [0.2, 0.25) is 0 Å². The summed E-state index contributed by atoms with van der Waals surface area (Å²) < 4.78 is 5.58. The fourth-order valence-electron chi connectivity index (χ4n) is 2.75. The van der Waals surface area contributed by atoms with Crippen molar-refractivity contribution in [2.75, 3.05) is 0 Å². The molecule has 0 aromatic carbocycles. The molecule has 0 aliphatic carbocycles. The number of esters is 1. The van der Waals surface area contributed by atoms with Gasteiger partial charge in [-0.1, -0.05) is 85.0 Å². The van der Waals surface area contributed by atoms with E-state index in [1.165, 1.54) is 64.2 Å². The van der Waals surface area contributed by atoms with Gasteiger partial charge in [-0.05, 0) is 26.2 Å². The number of hydrogen-bond acceptors (Lipinski definition) is 2. The lowest BCUT2D eigenvalue weighted by Crippen LogP contribution is -2.22. The molecule has 1 unspecified atom stereocenters. The van der Waals surface area contributed by atoms with Gasteiger partial charge in [-0.3, -0.25) is 4.79 Å². The first-order valence-electron chi connectivity index (χ1n) is 9.86. The van der Waals surface area contributed by atoms with Gasteiger partial charge in [-0.25, -0.2) is 0 Å². The van der Waals surface area contributed by atoms with E-state index in [1.807, 2.05) is 6.92 Å². The fraction of sp³-hybridized carbons (Fsp3) is 0.950. The van der Waals surface area contributed by atoms with Gasteiger partial charge in [0.1, 0.15) is 0 Å². The molecule has 0 spiro atoms. The van der Waals surface area contributed by atoms with E-state index in [0.29, 0.717) is 0 Å². The van der Waals surface area contributed by atoms with Gasteiger partial charge in [0.25, 0.3) is 0 Å². The molecule has 0 radical (unpaired) electrons. The molecular formula is C20H40O2. The topological polar surface area (TPSA) is 26.3 Å². The summed E-state index contributed by atoms with van der Waals surface area (Å²) >= 11 is 0. The predicted molar refractivity (Wildman–Crippen MR) is 96.1 cm³/mol. The van der Waals surface area contributed by atoms with Crippen LogP contribution in [0, 0.1) is 5.92 Å². The molecule has 0 aromatic heterocycles. The molecule has 0 rings (SSSR count). The average Bonchev–Trinajstić information content (AvgIpc) is 2.52. The van der Waals surface area contributed by atoms with Gasteiger partial charge in [0, 0.05) is 0 Å². The summed E-state index contributed by atoms with van der Waals surface area (Å²) in [4.78, 5) is 12.3. The van der Waals surface area contributed by atoms with Crippen molar-refractivity contribution < 1.29 is 9.53 Å². The monoisotopic (exact) mass is 312 g/mol. The van der Waals surface area contributed by atoms with Gasteiger partial charge in [0.2, 0.25) is 0 Å². The van der Waals surface area contributed by atoms with E-state index in [2.05, 4.69) is 20.8 Å². The van der Waals surface area contributed by atoms with Crippen molar-refractivity contribution in [1.82, 2.24) is 0 Å². The quantitative estimate of drug-likeness (QED) is 0.249. The Morgan fingerprint density at radius 2 is 1.23 bits per heavy atom. The zero-order valence-corrected chi connectivity index (χ0v) is 15.7. The van der Waals surface area contributed by atoms with Crippen LogP contribution in [0.3, 0.4) is 0 Å². The second-order valence-electron chi connectivity index (χ2n) is 6.76. The minimum Gasteiger partial charge on any atom is -0.462 e. The van der Waals surface area contributed by atoms with Crippen molar-refractivity contribution in [3.63, 3.8) is 0 Å². The van der Waals surface area contributed by atoms with Gasteiger partial charge in [-0.2, -0.15) is 0 Å². The van der Waals surface area contributed by atoms with E-state index in [0.717, 1.165) is 19.3 Å². The van der Waals surface area contributed by atoms with Crippen LogP contribution in [0.4, 0.5) is 0 Å². The zero-order valence-electron chi connectivity index (χ0n) is 15.7. The van der Waals surface area contributed by atoms with E-state index in [4.69, 9.17) is 4.74 Å². The summed E-state index contributed by atoms with van der Waals surface area (Å²) in [5.74, 6) is 0.192. The lowest BCUT2D eigenvalue weighted by atomic mass is 9.94. The van der Waals surface area contributed by atoms with Crippen LogP contribution in [-0.2, 0) is 9.53 Å². The molecule has 0 saturated carbocycles. The van der Waals surface area contributed by atoms with Crippen LogP contribution in [0.5, 0.6) is 0 Å². The maximum atomic E-state index is 12.3. The number of hydrogen-bond donors (Lipinski definition) is 0. The minimum atomic E-state index is 0.0559. The molecule has 2 heteroatoms. The van der Waals surface area contributed by atoms with Crippen LogP contribution >= 0.6 is 0 Å². The molecule has 22 heavy (non-hydrogen) atoms. The Balaban J connectivity index is 4.09. The molecule has 2 nitrogen and oxygen atoms in total. The van der Waals surface area contributed by atoms with E-state index >= 15 is 0 Å². The molecule has 132 valence electrons. The second kappa shape index (κ2) is 15.4. The smallest absolute Gasteiger partial charge is 0.309 e. The van der Waals surface area contributed by atoms with E-state index < -0.39 is 0 Å². The van der Waals surface area contributed by atoms with Crippen molar-refractivity contribution in [2.45, 2.75) is 117 Å². The Hall–Kier alpha value is -0.530. The summed E-state index contributed by atoms with van der Waals surface area (Å²) in [5.41, 5.74) is 0. The van der Waals surface area contributed by atoms with Crippen LogP contribution in [0.15, 0.2) is 0 Å². The van der Waals surface area contributed by atoms with Crippen LogP contribution in [-0.4, -0.2) is 12.1 Å². The fourth-order valence-corrected chi connectivity index (χ4v) is 2.75. The number of ether oxygens (including phenoxy) is 1. The SMILES string of the molecule is CCCCCCCC(CCCCCCC)C(=O)OC(C)CC. The normalized spacial score (nSPS) is 12.6. The standard InChI is InChI=1S/C20H40O2/c1-5-8-10-12-14-16-19(17-15-13-11-9-6-2)20(21)22-18(4)7-3/h18-19H,5-17H2,1-4H3. The minimum absolute atomic E-state index is 0.0559. The molecule has 0 N–H and O–H groups in total. The molecule has 0 saturated heterocycles. The third-order valence-electron chi connectivity index (χ3n) is 4.54. The highest BCUT2D eigenvalue weighted by atomic mass is 16.5. The molecule has 0 aliphatic heterocycles. The maximum absolute atomic E-state index is 12.3. The highest BCUT2D eigenvalue weighted by Crippen LogP contribution is 2.21. The maximum Gasteiger partial charge on any atom is 0.309 e. The largest absolute Gasteiger partial charge is 0.462 e. The lowest BCUT2D eigenvalue weighted by Gasteiger charge is -2.19. The van der Waals surface area contributed by atoms with Crippen LogP contribution < -0.4 is 0 Å². The molecule has 1 atom stereocenters. The Bertz CT molecular complexity index is 236. The van der Waals surface area contributed by atoms with Crippen LogP contribution in [0.25, 0.3) is 0 Å². The van der Waals surface area contributed by atoms with Gasteiger partial charge in [-0.15, -0.1) is 0 Å². The third-order valence-corrected chi connectivity index (χ3v) is 4.54. The third kappa shape index (κ3) is 12.1. The molecule has 0 amide bonds. The Morgan fingerprint density at radius 1 is 0.773 bits per heavy atom. The molecule has 0 heterocycles. The van der Waals surface area contributed by atoms with Gasteiger partial charge in [0.05, 0.1) is 12.0 Å². The first-order valence-corrected chi connectivity index (χ1v) is 9.86. The summed E-state index contributed by atoms with van der Waals surface area (Å²) in [6.45, 7) is 8.55. The first-order chi connectivity index (χ1) is 10.7. The van der Waals surface area contributed by atoms with E-state index in [9.17, 15) is 4.79 Å². The second-order valence-corrected chi connectivity index (χ2v) is 6.76. The van der Waals surface area contributed by atoms with E-state index in [-0.39, 0.29) is 18.0 Å². The summed E-state index contributed by atoms with van der Waals surface area (Å²) in [5, 5.41) is 0. The zero-order chi connectivity index (χ0) is 16.6. The van der Waals surface area contributed by atoms with Gasteiger partial charge >= 0.3 is 5.97 Å². The lowest BCUT2D eigenvalue weighted by molar-refractivity contribution is -0.154. The van der Waals surface area contributed by atoms with Crippen LogP contribution in [0.1, 0.15) is 111 Å². The molecule has 0 aromatic rings. The summed E-state index contributed by atoms with van der Waals surface area (Å²) in [6, 6.07) is 0. The Kier molecular flexibility index (Phi) is 15.0. The number of carbonyl (C=O) groups is 1. The molecular weight excluding hydrogens is 272 g/mol. The molecule has 0 aliphatic rings. The summed E-state index contributed by atoms with van der Waals surface area (Å²) in [6.07, 6.45) is 15.7.